The predicted octanol–water partition coefficient (Wildman–Crippen LogP) is 3.83. The molecule has 0 radical (unpaired) electrons. The third kappa shape index (κ3) is 3.20. The van der Waals surface area contributed by atoms with Crippen LogP contribution < -0.4 is 4.74 Å². The van der Waals surface area contributed by atoms with Gasteiger partial charge in [0, 0.05) is 4.53 Å². The minimum Gasteiger partial charge on any atom is -0.431 e. The molecule has 3 nitrogen and oxygen atoms in total. The van der Waals surface area contributed by atoms with Crippen LogP contribution in [0.3, 0.4) is 0 Å². The summed E-state index contributed by atoms with van der Waals surface area (Å²) in [4.78, 5) is 14.5. The lowest BCUT2D eigenvalue weighted by molar-refractivity contribution is -0.175. The van der Waals surface area contributed by atoms with Gasteiger partial charge in [0.1, 0.15) is 11.3 Å². The molecule has 0 saturated carbocycles. The molecule has 0 heterocycles. The van der Waals surface area contributed by atoms with E-state index in [-0.39, 0.29) is 11.3 Å². The zero-order chi connectivity index (χ0) is 14.4. The van der Waals surface area contributed by atoms with E-state index < -0.39 is 17.6 Å². The average Bonchev–Trinajstić information content (AvgIpc) is 2.49. The largest absolute Gasteiger partial charge is 0.431 e. The fraction of sp³-hybridized carbons (Fsp3) is 0. The van der Waals surface area contributed by atoms with Crippen LogP contribution >= 0.6 is 0 Å². The van der Waals surface area contributed by atoms with Crippen molar-refractivity contribution in [3.63, 3.8) is 0 Å². The van der Waals surface area contributed by atoms with Gasteiger partial charge in [0.15, 0.2) is 0 Å². The molecule has 0 aliphatic carbocycles. The number of halogens is 2. The molecular weight excluding hydrogens is 266 g/mol. The maximum absolute atomic E-state index is 14.1. The lowest BCUT2D eigenvalue weighted by atomic mass is 10.1. The Morgan fingerprint density at radius 2 is 1.45 bits per heavy atom. The number of hydrogen-bond donors (Lipinski definition) is 0. The molecule has 0 saturated heterocycles. The summed E-state index contributed by atoms with van der Waals surface area (Å²) in [6.07, 6.45) is 0. The smallest absolute Gasteiger partial charge is 0.386 e. The Morgan fingerprint density at radius 1 is 0.900 bits per heavy atom. The Morgan fingerprint density at radius 3 is 2.00 bits per heavy atom. The first-order chi connectivity index (χ1) is 9.72. The van der Waals surface area contributed by atoms with Crippen molar-refractivity contribution in [1.82, 2.24) is 0 Å². The van der Waals surface area contributed by atoms with Crippen molar-refractivity contribution < 1.29 is 23.4 Å². The molecule has 2 aromatic carbocycles. The van der Waals surface area contributed by atoms with Crippen LogP contribution in [-0.4, -0.2) is 5.97 Å². The molecule has 0 fully saturated rings. The Balaban J connectivity index is 2.39. The molecule has 0 aliphatic heterocycles. The number of ether oxygens (including phenoxy) is 1. The third-order valence-electron chi connectivity index (χ3n) is 2.48. The maximum atomic E-state index is 14.1. The number of benzene rings is 2. The molecule has 0 aromatic heterocycles. The number of para-hydroxylation sites is 1. The summed E-state index contributed by atoms with van der Waals surface area (Å²) >= 11 is 0. The van der Waals surface area contributed by atoms with Gasteiger partial charge in [0.2, 0.25) is 0 Å². The molecule has 2 aromatic rings. The van der Waals surface area contributed by atoms with E-state index in [2.05, 4.69) is 4.94 Å². The highest BCUT2D eigenvalue weighted by molar-refractivity contribution is 6.16. The molecule has 0 atom stereocenters. The maximum Gasteiger partial charge on any atom is 0.386 e. The monoisotopic (exact) mass is 276 g/mol. The van der Waals surface area contributed by atoms with Crippen LogP contribution in [0, 0.1) is 0 Å². The van der Waals surface area contributed by atoms with Gasteiger partial charge in [-0.15, -0.1) is 0 Å². The topological polar surface area (TPSA) is 35.5 Å². The highest BCUT2D eigenvalue weighted by atomic mass is 19.3. The van der Waals surface area contributed by atoms with Gasteiger partial charge in [-0.05, 0) is 17.7 Å². The predicted molar refractivity (Wildman–Crippen MR) is 68.7 cm³/mol. The minimum absolute atomic E-state index is 0.156. The molecule has 2 rings (SSSR count). The first-order valence-corrected chi connectivity index (χ1v) is 5.73. The van der Waals surface area contributed by atoms with Crippen LogP contribution in [0.2, 0.25) is 0 Å². The van der Waals surface area contributed by atoms with Crippen molar-refractivity contribution in [1.29, 1.82) is 0 Å². The van der Waals surface area contributed by atoms with Crippen molar-refractivity contribution in [2.75, 3.05) is 0 Å². The van der Waals surface area contributed by atoms with Gasteiger partial charge < -0.3 is 4.74 Å². The summed E-state index contributed by atoms with van der Waals surface area (Å²) in [5.41, 5.74) is -0.458. The molecule has 102 valence electrons. The number of rotatable bonds is 4. The van der Waals surface area contributed by atoms with E-state index in [9.17, 15) is 13.7 Å². The Hall–Kier alpha value is -2.69. The van der Waals surface area contributed by atoms with Gasteiger partial charge in [-0.1, -0.05) is 48.5 Å². The van der Waals surface area contributed by atoms with Crippen LogP contribution in [-0.2, 0) is 9.74 Å². The fourth-order valence-corrected chi connectivity index (χ4v) is 1.60. The minimum atomic E-state index is -1.45. The van der Waals surface area contributed by atoms with Gasteiger partial charge in [-0.25, -0.2) is 9.74 Å². The van der Waals surface area contributed by atoms with E-state index in [4.69, 9.17) is 4.74 Å². The highest BCUT2D eigenvalue weighted by Gasteiger charge is 2.22. The Kier molecular flexibility index (Phi) is 4.44. The molecule has 20 heavy (non-hydrogen) atoms. The third-order valence-corrected chi connectivity index (χ3v) is 2.48. The number of carbonyl (C=O) groups excluding carboxylic acids is 1. The van der Waals surface area contributed by atoms with E-state index in [0.717, 1.165) is 0 Å². The summed E-state index contributed by atoms with van der Waals surface area (Å²) in [5, 5.41) is 0. The molecule has 0 unspecified atom stereocenters. The summed E-state index contributed by atoms with van der Waals surface area (Å²) in [7, 11) is 0. The van der Waals surface area contributed by atoms with Gasteiger partial charge >= 0.3 is 5.97 Å². The highest BCUT2D eigenvalue weighted by Crippen LogP contribution is 2.24. The summed E-state index contributed by atoms with van der Waals surface area (Å²) in [6.45, 7) is 0. The molecule has 0 aliphatic rings. The molecule has 0 bridgehead atoms. The van der Waals surface area contributed by atoms with E-state index in [1.54, 1.807) is 36.4 Å². The van der Waals surface area contributed by atoms with E-state index in [1.165, 1.54) is 24.3 Å². The molecular formula is C15H10F2O3. The standard InChI is InChI=1S/C15H10F2O3/c16-14(19-12-9-5-2-6-10-12)13(15(18)20-17)11-7-3-1-4-8-11/h1-10H. The second-order valence-electron chi connectivity index (χ2n) is 3.79. The molecule has 0 amide bonds. The zero-order valence-electron chi connectivity index (χ0n) is 10.3. The van der Waals surface area contributed by atoms with E-state index in [1.807, 2.05) is 0 Å². The van der Waals surface area contributed by atoms with Crippen LogP contribution in [0.1, 0.15) is 5.56 Å². The van der Waals surface area contributed by atoms with Crippen molar-refractivity contribution >= 4 is 11.5 Å². The zero-order valence-corrected chi connectivity index (χ0v) is 10.3. The van der Waals surface area contributed by atoms with E-state index in [0.29, 0.717) is 0 Å². The quantitative estimate of drug-likeness (QED) is 0.629. The van der Waals surface area contributed by atoms with Crippen molar-refractivity contribution in [3.05, 3.63) is 72.2 Å². The van der Waals surface area contributed by atoms with E-state index >= 15 is 0 Å². The second-order valence-corrected chi connectivity index (χ2v) is 3.79. The second kappa shape index (κ2) is 6.47. The summed E-state index contributed by atoms with van der Waals surface area (Å²) in [6, 6.07) is 14.5. The first kappa shape index (κ1) is 13.7. The average molecular weight is 276 g/mol. The first-order valence-electron chi connectivity index (χ1n) is 5.73. The van der Waals surface area contributed by atoms with Gasteiger partial charge in [0.05, 0.1) is 0 Å². The lowest BCUT2D eigenvalue weighted by Crippen LogP contribution is -2.07. The van der Waals surface area contributed by atoms with Crippen LogP contribution in [0.25, 0.3) is 5.57 Å². The van der Waals surface area contributed by atoms with Crippen molar-refractivity contribution in [3.8, 4) is 5.75 Å². The molecule has 5 heteroatoms. The Bertz CT molecular complexity index is 610. The summed E-state index contributed by atoms with van der Waals surface area (Å²) < 4.78 is 31.1. The molecule has 0 spiro atoms. The van der Waals surface area contributed by atoms with Crippen LogP contribution in [0.5, 0.6) is 5.75 Å². The number of carbonyl (C=O) groups is 1. The van der Waals surface area contributed by atoms with Crippen LogP contribution in [0.4, 0.5) is 8.92 Å². The number of hydrogen-bond acceptors (Lipinski definition) is 3. The van der Waals surface area contributed by atoms with Crippen molar-refractivity contribution in [2.45, 2.75) is 0 Å². The Labute approximate surface area is 114 Å². The summed E-state index contributed by atoms with van der Waals surface area (Å²) in [5.74, 6) is -1.27. The van der Waals surface area contributed by atoms with Crippen molar-refractivity contribution in [2.24, 2.45) is 0 Å². The SMILES string of the molecule is O=C(OF)C(=C(F)Oc1ccccc1)c1ccccc1. The fourth-order valence-electron chi connectivity index (χ4n) is 1.60. The van der Waals surface area contributed by atoms with Gasteiger partial charge in [-0.2, -0.15) is 4.39 Å². The van der Waals surface area contributed by atoms with Gasteiger partial charge in [0.25, 0.3) is 6.01 Å². The van der Waals surface area contributed by atoms with Gasteiger partial charge in [-0.3, -0.25) is 0 Å². The normalized spacial score (nSPS) is 11.5. The molecule has 0 N–H and O–H groups in total. The van der Waals surface area contributed by atoms with Crippen LogP contribution in [0.15, 0.2) is 66.7 Å². The lowest BCUT2D eigenvalue weighted by Gasteiger charge is -2.07.